The lowest BCUT2D eigenvalue weighted by Gasteiger charge is -2.24. The predicted octanol–water partition coefficient (Wildman–Crippen LogP) is 3.79. The van der Waals surface area contributed by atoms with E-state index in [1.807, 2.05) is 18.2 Å². The van der Waals surface area contributed by atoms with Crippen LogP contribution in [0.15, 0.2) is 42.5 Å². The summed E-state index contributed by atoms with van der Waals surface area (Å²) in [5.41, 5.74) is 4.76. The summed E-state index contributed by atoms with van der Waals surface area (Å²) >= 11 is 6.20. The lowest BCUT2D eigenvalue weighted by atomic mass is 10.0. The van der Waals surface area contributed by atoms with E-state index >= 15 is 0 Å². The third-order valence-corrected chi connectivity index (χ3v) is 4.28. The molecule has 104 valence electrons. The average Bonchev–Trinajstić information content (AvgIpc) is 2.69. The zero-order valence-corrected chi connectivity index (χ0v) is 12.1. The monoisotopic (exact) mass is 287 g/mol. The van der Waals surface area contributed by atoms with Crippen LogP contribution in [0.2, 0.25) is 5.02 Å². The summed E-state index contributed by atoms with van der Waals surface area (Å²) in [6.45, 7) is 1.94. The quantitative estimate of drug-likeness (QED) is 0.908. The minimum absolute atomic E-state index is 0.0120. The fraction of sp³-hybridized carbons (Fsp3) is 0.294. The van der Waals surface area contributed by atoms with Crippen molar-refractivity contribution in [2.24, 2.45) is 0 Å². The van der Waals surface area contributed by atoms with Gasteiger partial charge in [0.25, 0.3) is 0 Å². The van der Waals surface area contributed by atoms with E-state index < -0.39 is 0 Å². The molecule has 0 atom stereocenters. The topological polar surface area (TPSA) is 23.5 Å². The molecule has 0 saturated heterocycles. The third kappa shape index (κ3) is 2.67. The van der Waals surface area contributed by atoms with Crippen molar-refractivity contribution >= 4 is 17.3 Å². The van der Waals surface area contributed by atoms with Crippen molar-refractivity contribution < 1.29 is 5.11 Å². The zero-order chi connectivity index (χ0) is 13.9. The summed E-state index contributed by atoms with van der Waals surface area (Å²) in [5, 5.41) is 9.84. The summed E-state index contributed by atoms with van der Waals surface area (Å²) in [7, 11) is 0. The molecule has 20 heavy (non-hydrogen) atoms. The van der Waals surface area contributed by atoms with Gasteiger partial charge in [0.1, 0.15) is 0 Å². The number of benzene rings is 2. The second-order valence-electron chi connectivity index (χ2n) is 5.23. The van der Waals surface area contributed by atoms with Crippen molar-refractivity contribution in [3.05, 3.63) is 64.2 Å². The number of rotatable bonds is 2. The van der Waals surface area contributed by atoms with E-state index in [1.165, 1.54) is 11.1 Å². The van der Waals surface area contributed by atoms with Gasteiger partial charge in [0.2, 0.25) is 0 Å². The molecular formula is C17H18ClNO. The summed E-state index contributed by atoms with van der Waals surface area (Å²) in [5.74, 6) is 0. The van der Waals surface area contributed by atoms with Crippen LogP contribution in [0.3, 0.4) is 0 Å². The minimum Gasteiger partial charge on any atom is -0.392 e. The Hall–Kier alpha value is -1.51. The van der Waals surface area contributed by atoms with E-state index in [4.69, 9.17) is 11.6 Å². The molecule has 1 aliphatic heterocycles. The molecule has 2 aromatic carbocycles. The van der Waals surface area contributed by atoms with Crippen LogP contribution in [0, 0.1) is 0 Å². The van der Waals surface area contributed by atoms with Crippen molar-refractivity contribution in [2.75, 3.05) is 11.4 Å². The van der Waals surface area contributed by atoms with Crippen molar-refractivity contribution in [1.29, 1.82) is 0 Å². The van der Waals surface area contributed by atoms with Crippen molar-refractivity contribution in [3.8, 4) is 0 Å². The fourth-order valence-electron chi connectivity index (χ4n) is 2.78. The molecular weight excluding hydrogens is 270 g/mol. The number of aliphatic hydroxyl groups excluding tert-OH is 1. The number of hydrogen-bond acceptors (Lipinski definition) is 2. The molecule has 1 heterocycles. The Bertz CT molecular complexity index is 612. The molecule has 0 spiro atoms. The van der Waals surface area contributed by atoms with Crippen molar-refractivity contribution in [2.45, 2.75) is 26.0 Å². The fourth-order valence-corrected chi connectivity index (χ4v) is 3.02. The second-order valence-corrected chi connectivity index (χ2v) is 5.63. The first-order valence-corrected chi connectivity index (χ1v) is 7.37. The molecule has 0 radical (unpaired) electrons. The van der Waals surface area contributed by atoms with Gasteiger partial charge in [0.15, 0.2) is 0 Å². The van der Waals surface area contributed by atoms with Gasteiger partial charge in [-0.3, -0.25) is 0 Å². The maximum absolute atomic E-state index is 9.20. The maximum atomic E-state index is 9.20. The first-order chi connectivity index (χ1) is 9.78. The van der Waals surface area contributed by atoms with E-state index in [9.17, 15) is 5.11 Å². The Kier molecular flexibility index (Phi) is 3.95. The van der Waals surface area contributed by atoms with Crippen LogP contribution >= 0.6 is 11.6 Å². The SMILES string of the molecule is OCc1ccc(N2CCCc3ccccc3C2)cc1Cl. The second kappa shape index (κ2) is 5.86. The Morgan fingerprint density at radius 1 is 1.10 bits per heavy atom. The van der Waals surface area contributed by atoms with Crippen LogP contribution in [0.1, 0.15) is 23.1 Å². The molecule has 2 nitrogen and oxygen atoms in total. The summed E-state index contributed by atoms with van der Waals surface area (Å²) in [6.07, 6.45) is 2.28. The van der Waals surface area contributed by atoms with Crippen LogP contribution in [-0.2, 0) is 19.6 Å². The smallest absolute Gasteiger partial charge is 0.0696 e. The molecule has 3 heteroatoms. The molecule has 3 rings (SSSR count). The molecule has 0 amide bonds. The number of fused-ring (bicyclic) bond motifs is 1. The number of nitrogens with zero attached hydrogens (tertiary/aromatic N) is 1. The lowest BCUT2D eigenvalue weighted by Crippen LogP contribution is -2.22. The van der Waals surface area contributed by atoms with Gasteiger partial charge in [-0.1, -0.05) is 41.9 Å². The van der Waals surface area contributed by atoms with Gasteiger partial charge in [-0.15, -0.1) is 0 Å². The van der Waals surface area contributed by atoms with Crippen LogP contribution in [0.25, 0.3) is 0 Å². The Balaban J connectivity index is 1.89. The first kappa shape index (κ1) is 13.5. The number of halogens is 1. The van der Waals surface area contributed by atoms with Gasteiger partial charge in [-0.2, -0.15) is 0 Å². The predicted molar refractivity (Wildman–Crippen MR) is 83.2 cm³/mol. The molecule has 1 aliphatic rings. The van der Waals surface area contributed by atoms with Gasteiger partial charge in [0, 0.05) is 23.8 Å². The van der Waals surface area contributed by atoms with Gasteiger partial charge in [-0.05, 0) is 41.7 Å². The highest BCUT2D eigenvalue weighted by Crippen LogP contribution is 2.27. The average molecular weight is 288 g/mol. The van der Waals surface area contributed by atoms with Crippen LogP contribution in [-0.4, -0.2) is 11.7 Å². The van der Waals surface area contributed by atoms with E-state index in [2.05, 4.69) is 29.2 Å². The highest BCUT2D eigenvalue weighted by Gasteiger charge is 2.15. The van der Waals surface area contributed by atoms with Crippen LogP contribution < -0.4 is 4.90 Å². The first-order valence-electron chi connectivity index (χ1n) is 6.99. The van der Waals surface area contributed by atoms with E-state index in [0.717, 1.165) is 37.2 Å². The van der Waals surface area contributed by atoms with Crippen LogP contribution in [0.5, 0.6) is 0 Å². The number of aryl methyl sites for hydroxylation is 1. The number of hydrogen-bond donors (Lipinski definition) is 1. The molecule has 0 aliphatic carbocycles. The summed E-state index contributed by atoms with van der Waals surface area (Å²) in [4.78, 5) is 2.36. The Labute approximate surface area is 124 Å². The normalized spacial score (nSPS) is 14.8. The van der Waals surface area contributed by atoms with Crippen molar-refractivity contribution in [3.63, 3.8) is 0 Å². The van der Waals surface area contributed by atoms with E-state index in [0.29, 0.717) is 5.02 Å². The van der Waals surface area contributed by atoms with Gasteiger partial charge in [-0.25, -0.2) is 0 Å². The molecule has 0 bridgehead atoms. The van der Waals surface area contributed by atoms with Crippen LogP contribution in [0.4, 0.5) is 5.69 Å². The highest BCUT2D eigenvalue weighted by atomic mass is 35.5. The molecule has 2 aromatic rings. The van der Waals surface area contributed by atoms with Crippen molar-refractivity contribution in [1.82, 2.24) is 0 Å². The summed E-state index contributed by atoms with van der Waals surface area (Å²) < 4.78 is 0. The Morgan fingerprint density at radius 2 is 1.90 bits per heavy atom. The maximum Gasteiger partial charge on any atom is 0.0696 e. The molecule has 0 fully saturated rings. The minimum atomic E-state index is -0.0120. The largest absolute Gasteiger partial charge is 0.392 e. The van der Waals surface area contributed by atoms with E-state index in [-0.39, 0.29) is 6.61 Å². The standard InChI is InChI=1S/C17H18ClNO/c18-17-10-16(8-7-15(17)12-20)19-9-3-6-13-4-1-2-5-14(13)11-19/h1-2,4-5,7-8,10,20H,3,6,9,11-12H2. The number of anilines is 1. The zero-order valence-electron chi connectivity index (χ0n) is 11.3. The van der Waals surface area contributed by atoms with E-state index in [1.54, 1.807) is 0 Å². The number of aliphatic hydroxyl groups is 1. The third-order valence-electron chi connectivity index (χ3n) is 3.93. The van der Waals surface area contributed by atoms with Gasteiger partial charge < -0.3 is 10.0 Å². The molecule has 0 unspecified atom stereocenters. The molecule has 0 saturated carbocycles. The lowest BCUT2D eigenvalue weighted by molar-refractivity contribution is 0.282. The van der Waals surface area contributed by atoms with Gasteiger partial charge >= 0.3 is 0 Å². The molecule has 0 aromatic heterocycles. The highest BCUT2D eigenvalue weighted by molar-refractivity contribution is 6.31. The summed E-state index contributed by atoms with van der Waals surface area (Å²) in [6, 6.07) is 14.6. The molecule has 1 N–H and O–H groups in total. The van der Waals surface area contributed by atoms with Gasteiger partial charge in [0.05, 0.1) is 6.61 Å². The Morgan fingerprint density at radius 3 is 2.65 bits per heavy atom.